The van der Waals surface area contributed by atoms with E-state index in [2.05, 4.69) is 5.32 Å². The van der Waals surface area contributed by atoms with E-state index in [1.807, 2.05) is 0 Å². The fraction of sp³-hybridized carbons (Fsp3) is 0.174. The van der Waals surface area contributed by atoms with E-state index in [0.29, 0.717) is 5.56 Å². The molecule has 0 saturated carbocycles. The van der Waals surface area contributed by atoms with E-state index in [4.69, 9.17) is 4.74 Å². The highest BCUT2D eigenvalue weighted by Crippen LogP contribution is 2.32. The van der Waals surface area contributed by atoms with Gasteiger partial charge >= 0.3 is 6.18 Å². The van der Waals surface area contributed by atoms with Gasteiger partial charge in [0.2, 0.25) is 5.91 Å². The summed E-state index contributed by atoms with van der Waals surface area (Å²) in [6.45, 7) is 0.949. The van der Waals surface area contributed by atoms with Crippen molar-refractivity contribution in [2.45, 2.75) is 18.0 Å². The van der Waals surface area contributed by atoms with Crippen LogP contribution in [-0.4, -0.2) is 28.0 Å². The molecule has 0 aliphatic heterocycles. The first-order valence-electron chi connectivity index (χ1n) is 9.82. The molecule has 3 aromatic carbocycles. The van der Waals surface area contributed by atoms with Crippen molar-refractivity contribution < 1.29 is 35.5 Å². The second-order valence-corrected chi connectivity index (χ2v) is 9.10. The van der Waals surface area contributed by atoms with Crippen molar-refractivity contribution in [2.75, 3.05) is 23.3 Å². The summed E-state index contributed by atoms with van der Waals surface area (Å²) in [5, 5.41) is 2.38. The molecule has 0 aromatic heterocycles. The molecule has 180 valence electrons. The number of carbonyl (C=O) groups excluding carboxylic acids is 1. The maximum atomic E-state index is 13.5. The van der Waals surface area contributed by atoms with Crippen LogP contribution < -0.4 is 14.4 Å². The highest BCUT2D eigenvalue weighted by molar-refractivity contribution is 7.93. The molecular weight excluding hydrogens is 476 g/mol. The number of nitrogens with one attached hydrogen (secondary N) is 1. The zero-order chi connectivity index (χ0) is 25.1. The minimum Gasteiger partial charge on any atom is -0.495 e. The van der Waals surface area contributed by atoms with Gasteiger partial charge in [-0.3, -0.25) is 9.10 Å². The number of hydrogen-bond acceptors (Lipinski definition) is 4. The Hall–Kier alpha value is -3.60. The Morgan fingerprint density at radius 2 is 1.62 bits per heavy atom. The van der Waals surface area contributed by atoms with Crippen molar-refractivity contribution in [1.82, 2.24) is 0 Å². The number of alkyl halides is 3. The molecule has 0 spiro atoms. The summed E-state index contributed by atoms with van der Waals surface area (Å²) in [6, 6.07) is 12.7. The number of rotatable bonds is 7. The van der Waals surface area contributed by atoms with Crippen LogP contribution in [0, 0.1) is 12.7 Å². The van der Waals surface area contributed by atoms with Gasteiger partial charge in [-0.2, -0.15) is 13.2 Å². The highest BCUT2D eigenvalue weighted by atomic mass is 32.2. The van der Waals surface area contributed by atoms with E-state index < -0.39 is 40.0 Å². The van der Waals surface area contributed by atoms with Crippen LogP contribution in [0.4, 0.5) is 28.9 Å². The lowest BCUT2D eigenvalue weighted by molar-refractivity contribution is -0.137. The molecule has 0 atom stereocenters. The summed E-state index contributed by atoms with van der Waals surface area (Å²) in [6.07, 6.45) is -4.54. The van der Waals surface area contributed by atoms with Crippen molar-refractivity contribution in [3.8, 4) is 5.75 Å². The Labute approximate surface area is 193 Å². The van der Waals surface area contributed by atoms with Crippen LogP contribution in [0.25, 0.3) is 0 Å². The third kappa shape index (κ3) is 5.66. The number of ether oxygens (including phenoxy) is 1. The van der Waals surface area contributed by atoms with E-state index in [-0.39, 0.29) is 22.0 Å². The number of nitrogens with zero attached hydrogens (tertiary/aromatic N) is 1. The molecular formula is C23H20F4N2O4S. The third-order valence-corrected chi connectivity index (χ3v) is 6.58. The number of carbonyl (C=O) groups is 1. The van der Waals surface area contributed by atoms with Gasteiger partial charge in [0.1, 0.15) is 23.0 Å². The molecule has 0 unspecified atom stereocenters. The second-order valence-electron chi connectivity index (χ2n) is 7.27. The molecule has 6 nitrogen and oxygen atoms in total. The number of sulfonamides is 1. The SMILES string of the molecule is COc1ccc(C)cc1S(=O)(=O)N(CC(=O)Nc1ccc(C(F)(F)F)cc1)c1ccc(F)cc1. The Bertz CT molecular complexity index is 1280. The van der Waals surface area contributed by atoms with Crippen LogP contribution >= 0.6 is 0 Å². The average Bonchev–Trinajstić information content (AvgIpc) is 2.78. The lowest BCUT2D eigenvalue weighted by atomic mass is 10.2. The van der Waals surface area contributed by atoms with Crippen molar-refractivity contribution >= 4 is 27.3 Å². The lowest BCUT2D eigenvalue weighted by Crippen LogP contribution is -2.38. The van der Waals surface area contributed by atoms with E-state index in [1.165, 1.54) is 31.4 Å². The zero-order valence-corrected chi connectivity index (χ0v) is 18.9. The zero-order valence-electron chi connectivity index (χ0n) is 18.1. The first-order chi connectivity index (χ1) is 15.9. The van der Waals surface area contributed by atoms with Crippen molar-refractivity contribution in [2.24, 2.45) is 0 Å². The van der Waals surface area contributed by atoms with Crippen LogP contribution in [0.15, 0.2) is 71.6 Å². The van der Waals surface area contributed by atoms with Crippen molar-refractivity contribution in [3.05, 3.63) is 83.7 Å². The van der Waals surface area contributed by atoms with Gasteiger partial charge in [0.25, 0.3) is 10.0 Å². The molecule has 34 heavy (non-hydrogen) atoms. The Balaban J connectivity index is 1.95. The number of anilines is 2. The smallest absolute Gasteiger partial charge is 0.416 e. The topological polar surface area (TPSA) is 75.7 Å². The van der Waals surface area contributed by atoms with Gasteiger partial charge < -0.3 is 10.1 Å². The maximum Gasteiger partial charge on any atom is 0.416 e. The molecule has 1 amide bonds. The van der Waals surface area contributed by atoms with Gasteiger partial charge in [-0.1, -0.05) is 6.07 Å². The number of hydrogen-bond donors (Lipinski definition) is 1. The summed E-state index contributed by atoms with van der Waals surface area (Å²) < 4.78 is 84.7. The molecule has 1 N–H and O–H groups in total. The summed E-state index contributed by atoms with van der Waals surface area (Å²) in [4.78, 5) is 12.5. The van der Waals surface area contributed by atoms with Crippen LogP contribution in [0.2, 0.25) is 0 Å². The van der Waals surface area contributed by atoms with E-state index in [9.17, 15) is 30.8 Å². The Morgan fingerprint density at radius 3 is 2.18 bits per heavy atom. The molecule has 0 saturated heterocycles. The summed E-state index contributed by atoms with van der Waals surface area (Å²) in [7, 11) is -3.07. The number of amides is 1. The first kappa shape index (κ1) is 25.0. The first-order valence-corrected chi connectivity index (χ1v) is 11.3. The summed E-state index contributed by atoms with van der Waals surface area (Å²) >= 11 is 0. The lowest BCUT2D eigenvalue weighted by Gasteiger charge is -2.25. The number of benzene rings is 3. The molecule has 0 fully saturated rings. The van der Waals surface area contributed by atoms with Crippen molar-refractivity contribution in [3.63, 3.8) is 0 Å². The Morgan fingerprint density at radius 1 is 1.00 bits per heavy atom. The molecule has 0 aliphatic carbocycles. The molecule has 0 aliphatic rings. The van der Waals surface area contributed by atoms with Gasteiger partial charge in [-0.25, -0.2) is 12.8 Å². The molecule has 11 heteroatoms. The minimum atomic E-state index is -4.54. The number of aryl methyl sites for hydroxylation is 1. The van der Waals surface area contributed by atoms with E-state index >= 15 is 0 Å². The molecule has 3 rings (SSSR count). The van der Waals surface area contributed by atoms with Crippen LogP contribution in [-0.2, 0) is 21.0 Å². The summed E-state index contributed by atoms with van der Waals surface area (Å²) in [5.74, 6) is -1.39. The normalized spacial score (nSPS) is 11.7. The van der Waals surface area contributed by atoms with Gasteiger partial charge in [-0.15, -0.1) is 0 Å². The largest absolute Gasteiger partial charge is 0.495 e. The van der Waals surface area contributed by atoms with Gasteiger partial charge in [0, 0.05) is 5.69 Å². The van der Waals surface area contributed by atoms with Crippen molar-refractivity contribution in [1.29, 1.82) is 0 Å². The molecule has 0 heterocycles. The Kier molecular flexibility index (Phi) is 7.15. The van der Waals surface area contributed by atoms with Crippen LogP contribution in [0.3, 0.4) is 0 Å². The molecule has 3 aromatic rings. The predicted octanol–water partition coefficient (Wildman–Crippen LogP) is 5.00. The quantitative estimate of drug-likeness (QED) is 0.468. The highest BCUT2D eigenvalue weighted by Gasteiger charge is 2.31. The van der Waals surface area contributed by atoms with E-state index in [0.717, 1.165) is 40.7 Å². The van der Waals surface area contributed by atoms with Gasteiger partial charge in [0.15, 0.2) is 0 Å². The molecule has 0 bridgehead atoms. The third-order valence-electron chi connectivity index (χ3n) is 4.78. The second kappa shape index (κ2) is 9.72. The summed E-state index contributed by atoms with van der Waals surface area (Å²) in [5.41, 5.74) is -0.227. The van der Waals surface area contributed by atoms with E-state index in [1.54, 1.807) is 13.0 Å². The number of methoxy groups -OCH3 is 1. The predicted molar refractivity (Wildman–Crippen MR) is 119 cm³/mol. The van der Waals surface area contributed by atoms with Gasteiger partial charge in [0.05, 0.1) is 18.4 Å². The standard InChI is InChI=1S/C23H20F4N2O4S/c1-15-3-12-20(33-2)21(13-15)34(31,32)29(19-10-6-17(24)7-11-19)14-22(30)28-18-8-4-16(5-9-18)23(25,26)27/h3-13H,14H2,1-2H3,(H,28,30). The van der Waals surface area contributed by atoms with Crippen LogP contribution in [0.1, 0.15) is 11.1 Å². The van der Waals surface area contributed by atoms with Crippen LogP contribution in [0.5, 0.6) is 5.75 Å². The fourth-order valence-electron chi connectivity index (χ4n) is 3.10. The fourth-order valence-corrected chi connectivity index (χ4v) is 4.76. The number of halogens is 4. The minimum absolute atomic E-state index is 0.00697. The molecule has 0 radical (unpaired) electrons. The maximum absolute atomic E-state index is 13.5. The van der Waals surface area contributed by atoms with Gasteiger partial charge in [-0.05, 0) is 73.2 Å². The monoisotopic (exact) mass is 496 g/mol. The average molecular weight is 496 g/mol.